The molecule has 1 aromatic carbocycles. The fourth-order valence-corrected chi connectivity index (χ4v) is 2.45. The maximum absolute atomic E-state index is 5.38. The molecule has 0 bridgehead atoms. The van der Waals surface area contributed by atoms with Crippen molar-refractivity contribution in [1.82, 2.24) is 5.32 Å². The van der Waals surface area contributed by atoms with E-state index in [9.17, 15) is 0 Å². The Labute approximate surface area is 122 Å². The molecule has 0 saturated carbocycles. The molecule has 4 nitrogen and oxygen atoms in total. The van der Waals surface area contributed by atoms with Gasteiger partial charge in [0, 0.05) is 45.6 Å². The fourth-order valence-electron chi connectivity index (χ4n) is 2.45. The van der Waals surface area contributed by atoms with Crippen molar-refractivity contribution in [2.24, 2.45) is 5.92 Å². The van der Waals surface area contributed by atoms with Crippen molar-refractivity contribution in [2.45, 2.75) is 13.5 Å². The Morgan fingerprint density at radius 1 is 1.25 bits per heavy atom. The normalized spacial score (nSPS) is 17.2. The standard InChI is InChI=1S/C16H26N2O2/c1-14(13-19-2)11-17-12-15-3-5-16(6-4-15)18-7-9-20-10-8-18/h3-6,14,17H,7-13H2,1-2H3. The van der Waals surface area contributed by atoms with Crippen LogP contribution in [-0.4, -0.2) is 46.6 Å². The summed E-state index contributed by atoms with van der Waals surface area (Å²) in [5.74, 6) is 0.549. The van der Waals surface area contributed by atoms with Crippen molar-refractivity contribution >= 4 is 5.69 Å². The lowest BCUT2D eigenvalue weighted by molar-refractivity contribution is 0.122. The van der Waals surface area contributed by atoms with Crippen LogP contribution in [0.5, 0.6) is 0 Å². The quantitative estimate of drug-likeness (QED) is 0.826. The summed E-state index contributed by atoms with van der Waals surface area (Å²) in [7, 11) is 1.75. The lowest BCUT2D eigenvalue weighted by Crippen LogP contribution is -2.36. The molecule has 4 heteroatoms. The molecule has 1 unspecified atom stereocenters. The lowest BCUT2D eigenvalue weighted by atomic mass is 10.1. The Morgan fingerprint density at radius 3 is 2.60 bits per heavy atom. The molecule has 1 saturated heterocycles. The SMILES string of the molecule is COCC(C)CNCc1ccc(N2CCOCC2)cc1. The van der Waals surface area contributed by atoms with E-state index >= 15 is 0 Å². The van der Waals surface area contributed by atoms with Gasteiger partial charge in [0.2, 0.25) is 0 Å². The molecule has 0 aliphatic carbocycles. The summed E-state index contributed by atoms with van der Waals surface area (Å²) in [5, 5.41) is 3.47. The molecule has 0 aromatic heterocycles. The molecular formula is C16H26N2O2. The van der Waals surface area contributed by atoms with Gasteiger partial charge in [0.1, 0.15) is 0 Å². The Morgan fingerprint density at radius 2 is 1.95 bits per heavy atom. The fraction of sp³-hybridized carbons (Fsp3) is 0.625. The van der Waals surface area contributed by atoms with Crippen LogP contribution in [0.2, 0.25) is 0 Å². The minimum Gasteiger partial charge on any atom is -0.384 e. The second kappa shape index (κ2) is 8.25. The minimum absolute atomic E-state index is 0.549. The molecular weight excluding hydrogens is 252 g/mol. The van der Waals surface area contributed by atoms with Crippen molar-refractivity contribution in [3.05, 3.63) is 29.8 Å². The van der Waals surface area contributed by atoms with Crippen LogP contribution in [0.15, 0.2) is 24.3 Å². The van der Waals surface area contributed by atoms with Gasteiger partial charge in [-0.1, -0.05) is 19.1 Å². The molecule has 1 aliphatic heterocycles. The first-order chi connectivity index (χ1) is 9.79. The molecule has 0 radical (unpaired) electrons. The Balaban J connectivity index is 1.76. The van der Waals surface area contributed by atoms with E-state index in [-0.39, 0.29) is 0 Å². The number of hydrogen-bond donors (Lipinski definition) is 1. The molecule has 112 valence electrons. The second-order valence-electron chi connectivity index (χ2n) is 5.46. The van der Waals surface area contributed by atoms with Crippen LogP contribution >= 0.6 is 0 Å². The van der Waals surface area contributed by atoms with Crippen molar-refractivity contribution in [3.63, 3.8) is 0 Å². The zero-order valence-corrected chi connectivity index (χ0v) is 12.6. The number of rotatable bonds is 7. The summed E-state index contributed by atoms with van der Waals surface area (Å²) in [6.07, 6.45) is 0. The summed E-state index contributed by atoms with van der Waals surface area (Å²) in [5.41, 5.74) is 2.62. The highest BCUT2D eigenvalue weighted by Crippen LogP contribution is 2.16. The molecule has 0 amide bonds. The van der Waals surface area contributed by atoms with E-state index in [1.165, 1.54) is 11.3 Å². The largest absolute Gasteiger partial charge is 0.384 e. The molecule has 1 heterocycles. The monoisotopic (exact) mass is 278 g/mol. The number of nitrogens with zero attached hydrogens (tertiary/aromatic N) is 1. The summed E-state index contributed by atoms with van der Waals surface area (Å²) in [4.78, 5) is 2.38. The van der Waals surface area contributed by atoms with Gasteiger partial charge in [-0.25, -0.2) is 0 Å². The van der Waals surface area contributed by atoms with Crippen LogP contribution in [-0.2, 0) is 16.0 Å². The van der Waals surface area contributed by atoms with Crippen LogP contribution in [0.25, 0.3) is 0 Å². The smallest absolute Gasteiger partial charge is 0.0642 e. The van der Waals surface area contributed by atoms with Crippen LogP contribution < -0.4 is 10.2 Å². The van der Waals surface area contributed by atoms with Crippen LogP contribution in [0.4, 0.5) is 5.69 Å². The summed E-state index contributed by atoms with van der Waals surface area (Å²) in [6.45, 7) is 8.55. The van der Waals surface area contributed by atoms with Gasteiger partial charge in [0.15, 0.2) is 0 Å². The summed E-state index contributed by atoms with van der Waals surface area (Å²) in [6, 6.07) is 8.83. The topological polar surface area (TPSA) is 33.7 Å². The Hall–Kier alpha value is -1.10. The lowest BCUT2D eigenvalue weighted by Gasteiger charge is -2.28. The average Bonchev–Trinajstić information content (AvgIpc) is 2.49. The zero-order chi connectivity index (χ0) is 14.2. The third kappa shape index (κ3) is 4.78. The predicted molar refractivity (Wildman–Crippen MR) is 82.2 cm³/mol. The Kier molecular flexibility index (Phi) is 6.30. The number of ether oxygens (including phenoxy) is 2. The van der Waals surface area contributed by atoms with E-state index < -0.39 is 0 Å². The molecule has 1 fully saturated rings. The summed E-state index contributed by atoms with van der Waals surface area (Å²) < 4.78 is 10.5. The highest BCUT2D eigenvalue weighted by molar-refractivity contribution is 5.47. The summed E-state index contributed by atoms with van der Waals surface area (Å²) >= 11 is 0. The zero-order valence-electron chi connectivity index (χ0n) is 12.6. The maximum atomic E-state index is 5.38. The first kappa shape index (κ1) is 15.3. The van der Waals surface area contributed by atoms with Crippen molar-refractivity contribution < 1.29 is 9.47 Å². The van der Waals surface area contributed by atoms with E-state index in [0.29, 0.717) is 5.92 Å². The van der Waals surface area contributed by atoms with Gasteiger partial charge in [-0.3, -0.25) is 0 Å². The minimum atomic E-state index is 0.549. The highest BCUT2D eigenvalue weighted by Gasteiger charge is 2.10. The third-order valence-corrected chi connectivity index (χ3v) is 3.59. The molecule has 20 heavy (non-hydrogen) atoms. The predicted octanol–water partition coefficient (Wildman–Crippen LogP) is 1.90. The first-order valence-electron chi connectivity index (χ1n) is 7.41. The molecule has 1 N–H and O–H groups in total. The number of nitrogens with one attached hydrogen (secondary N) is 1. The van der Waals surface area contributed by atoms with Crippen molar-refractivity contribution in [3.8, 4) is 0 Å². The van der Waals surface area contributed by atoms with Crippen molar-refractivity contribution in [1.29, 1.82) is 0 Å². The molecule has 1 aromatic rings. The van der Waals surface area contributed by atoms with Gasteiger partial charge < -0.3 is 19.7 Å². The number of morpholine rings is 1. The number of benzene rings is 1. The number of methoxy groups -OCH3 is 1. The van der Waals surface area contributed by atoms with E-state index in [1.54, 1.807) is 7.11 Å². The second-order valence-corrected chi connectivity index (χ2v) is 5.46. The van der Waals surface area contributed by atoms with Crippen LogP contribution in [0, 0.1) is 5.92 Å². The maximum Gasteiger partial charge on any atom is 0.0642 e. The molecule has 1 atom stereocenters. The Bertz CT molecular complexity index is 375. The van der Waals surface area contributed by atoms with Gasteiger partial charge in [-0.2, -0.15) is 0 Å². The van der Waals surface area contributed by atoms with Gasteiger partial charge in [0.25, 0.3) is 0 Å². The third-order valence-electron chi connectivity index (χ3n) is 3.59. The van der Waals surface area contributed by atoms with E-state index in [4.69, 9.17) is 9.47 Å². The van der Waals surface area contributed by atoms with Crippen LogP contribution in [0.1, 0.15) is 12.5 Å². The van der Waals surface area contributed by atoms with Crippen LogP contribution in [0.3, 0.4) is 0 Å². The van der Waals surface area contributed by atoms with Gasteiger partial charge in [-0.05, 0) is 23.6 Å². The van der Waals surface area contributed by atoms with E-state index in [1.807, 2.05) is 0 Å². The van der Waals surface area contributed by atoms with Gasteiger partial charge in [-0.15, -0.1) is 0 Å². The molecule has 2 rings (SSSR count). The van der Waals surface area contributed by atoms with Gasteiger partial charge in [0.05, 0.1) is 13.2 Å². The number of anilines is 1. The van der Waals surface area contributed by atoms with E-state index in [0.717, 1.165) is 46.0 Å². The van der Waals surface area contributed by atoms with Crippen molar-refractivity contribution in [2.75, 3.05) is 51.5 Å². The van der Waals surface area contributed by atoms with Gasteiger partial charge >= 0.3 is 0 Å². The molecule has 0 spiro atoms. The highest BCUT2D eigenvalue weighted by atomic mass is 16.5. The average molecular weight is 278 g/mol. The first-order valence-corrected chi connectivity index (χ1v) is 7.41. The van der Waals surface area contributed by atoms with E-state index in [2.05, 4.69) is 41.4 Å². The molecule has 1 aliphatic rings. The number of hydrogen-bond acceptors (Lipinski definition) is 4.